The van der Waals surface area contributed by atoms with E-state index in [0.29, 0.717) is 0 Å². The van der Waals surface area contributed by atoms with E-state index < -0.39 is 0 Å². The van der Waals surface area contributed by atoms with Crippen molar-refractivity contribution in [1.82, 2.24) is 15.5 Å². The largest absolute Gasteiger partial charge is 0.356 e. The first-order valence-electron chi connectivity index (χ1n) is 7.36. The number of hydrogen-bond donors (Lipinski definition) is 2. The summed E-state index contributed by atoms with van der Waals surface area (Å²) in [5.74, 6) is 1.67. The third-order valence-electron chi connectivity index (χ3n) is 3.40. The Balaban J connectivity index is 2.11. The summed E-state index contributed by atoms with van der Waals surface area (Å²) in [5, 5.41) is 6.75. The molecule has 1 aliphatic rings. The highest BCUT2D eigenvalue weighted by atomic mass is 15.2. The van der Waals surface area contributed by atoms with Crippen LogP contribution in [0.1, 0.15) is 40.0 Å². The van der Waals surface area contributed by atoms with E-state index in [9.17, 15) is 0 Å². The van der Waals surface area contributed by atoms with Crippen molar-refractivity contribution in [3.8, 4) is 0 Å². The molecular formula is C14H30N4. The van der Waals surface area contributed by atoms with Gasteiger partial charge in [-0.1, -0.05) is 20.8 Å². The Kier molecular flexibility index (Phi) is 7.09. The number of nitrogens with zero attached hydrogens (tertiary/aromatic N) is 2. The molecule has 0 aromatic carbocycles. The van der Waals surface area contributed by atoms with Crippen LogP contribution in [0.5, 0.6) is 0 Å². The number of hydrogen-bond acceptors (Lipinski definition) is 2. The van der Waals surface area contributed by atoms with Crippen molar-refractivity contribution < 1.29 is 0 Å². The summed E-state index contributed by atoms with van der Waals surface area (Å²) in [4.78, 5) is 6.79. The third kappa shape index (κ3) is 6.24. The number of likely N-dealkylation sites (N-methyl/N-ethyl adjacent to an activating group) is 1. The number of rotatable bonds is 8. The highest BCUT2D eigenvalue weighted by Crippen LogP contribution is 2.25. The molecule has 1 rings (SSSR count). The van der Waals surface area contributed by atoms with Crippen molar-refractivity contribution in [1.29, 1.82) is 0 Å². The fourth-order valence-corrected chi connectivity index (χ4v) is 2.06. The summed E-state index contributed by atoms with van der Waals surface area (Å²) < 4.78 is 0. The minimum Gasteiger partial charge on any atom is -0.356 e. The number of guanidine groups is 1. The van der Waals surface area contributed by atoms with Crippen LogP contribution in [0.4, 0.5) is 0 Å². The van der Waals surface area contributed by atoms with Crippen molar-refractivity contribution in [2.24, 2.45) is 10.9 Å². The Morgan fingerprint density at radius 1 is 1.28 bits per heavy atom. The molecule has 0 saturated heterocycles. The molecule has 1 saturated carbocycles. The van der Waals surface area contributed by atoms with Crippen LogP contribution in [0.3, 0.4) is 0 Å². The van der Waals surface area contributed by atoms with Gasteiger partial charge in [0.2, 0.25) is 0 Å². The number of nitrogens with one attached hydrogen (secondary N) is 2. The molecular weight excluding hydrogens is 224 g/mol. The topological polar surface area (TPSA) is 39.7 Å². The second kappa shape index (κ2) is 8.35. The van der Waals surface area contributed by atoms with Gasteiger partial charge in [-0.2, -0.15) is 0 Å². The van der Waals surface area contributed by atoms with Gasteiger partial charge in [-0.25, -0.2) is 0 Å². The zero-order chi connectivity index (χ0) is 13.4. The highest BCUT2D eigenvalue weighted by Gasteiger charge is 2.27. The molecule has 4 nitrogen and oxygen atoms in total. The quantitative estimate of drug-likeness (QED) is 0.511. The molecule has 0 atom stereocenters. The van der Waals surface area contributed by atoms with E-state index in [2.05, 4.69) is 41.3 Å². The van der Waals surface area contributed by atoms with Crippen molar-refractivity contribution >= 4 is 5.96 Å². The molecule has 0 aliphatic heterocycles. The molecule has 0 bridgehead atoms. The minimum atomic E-state index is 0.737. The van der Waals surface area contributed by atoms with Crippen molar-refractivity contribution in [2.45, 2.75) is 46.1 Å². The lowest BCUT2D eigenvalue weighted by Crippen LogP contribution is -2.42. The highest BCUT2D eigenvalue weighted by molar-refractivity contribution is 5.79. The molecule has 0 spiro atoms. The molecule has 0 aromatic rings. The lowest BCUT2D eigenvalue weighted by atomic mass is 10.1. The van der Waals surface area contributed by atoms with Crippen LogP contribution < -0.4 is 10.6 Å². The van der Waals surface area contributed by atoms with Gasteiger partial charge in [0.05, 0.1) is 0 Å². The number of aliphatic imine (C=N–C) groups is 1. The van der Waals surface area contributed by atoms with E-state index in [1.165, 1.54) is 19.3 Å². The Labute approximate surface area is 112 Å². The molecule has 0 radical (unpaired) electrons. The first-order valence-corrected chi connectivity index (χ1v) is 7.36. The van der Waals surface area contributed by atoms with Crippen LogP contribution >= 0.6 is 0 Å². The smallest absolute Gasteiger partial charge is 0.191 e. The van der Waals surface area contributed by atoms with E-state index in [1.807, 2.05) is 7.05 Å². The predicted octanol–water partition coefficient (Wildman–Crippen LogP) is 1.68. The lowest BCUT2D eigenvalue weighted by molar-refractivity contribution is 0.282. The van der Waals surface area contributed by atoms with Gasteiger partial charge in [0, 0.05) is 32.7 Å². The van der Waals surface area contributed by atoms with Crippen LogP contribution in [0.25, 0.3) is 0 Å². The van der Waals surface area contributed by atoms with Crippen molar-refractivity contribution in [2.75, 3.05) is 33.2 Å². The van der Waals surface area contributed by atoms with Gasteiger partial charge in [0.1, 0.15) is 0 Å². The summed E-state index contributed by atoms with van der Waals surface area (Å²) in [5.41, 5.74) is 0. The van der Waals surface area contributed by atoms with Crippen LogP contribution in [-0.2, 0) is 0 Å². The summed E-state index contributed by atoms with van der Waals surface area (Å²) >= 11 is 0. The molecule has 2 N–H and O–H groups in total. The lowest BCUT2D eigenvalue weighted by Gasteiger charge is -2.20. The maximum absolute atomic E-state index is 4.24. The van der Waals surface area contributed by atoms with Gasteiger partial charge in [-0.3, -0.25) is 9.89 Å². The van der Waals surface area contributed by atoms with Gasteiger partial charge in [0.15, 0.2) is 5.96 Å². The monoisotopic (exact) mass is 254 g/mol. The molecule has 0 amide bonds. The molecule has 0 unspecified atom stereocenters. The summed E-state index contributed by atoms with van der Waals surface area (Å²) in [6.07, 6.45) is 3.95. The first kappa shape index (κ1) is 15.3. The fraction of sp³-hybridized carbons (Fsp3) is 0.929. The minimum absolute atomic E-state index is 0.737. The zero-order valence-electron chi connectivity index (χ0n) is 12.5. The average molecular weight is 254 g/mol. The second-order valence-electron chi connectivity index (χ2n) is 5.47. The molecule has 1 aliphatic carbocycles. The Hall–Kier alpha value is -0.770. The summed E-state index contributed by atoms with van der Waals surface area (Å²) in [6, 6.07) is 0.854. The predicted molar refractivity (Wildman–Crippen MR) is 79.1 cm³/mol. The van der Waals surface area contributed by atoms with E-state index in [0.717, 1.165) is 44.1 Å². The fourth-order valence-electron chi connectivity index (χ4n) is 2.06. The van der Waals surface area contributed by atoms with E-state index in [1.54, 1.807) is 0 Å². The molecule has 4 heteroatoms. The van der Waals surface area contributed by atoms with Crippen LogP contribution in [0.15, 0.2) is 4.99 Å². The van der Waals surface area contributed by atoms with Gasteiger partial charge in [0.25, 0.3) is 0 Å². The Morgan fingerprint density at radius 3 is 2.44 bits per heavy atom. The molecule has 18 heavy (non-hydrogen) atoms. The molecule has 106 valence electrons. The van der Waals surface area contributed by atoms with Gasteiger partial charge in [-0.15, -0.1) is 0 Å². The SMILES string of the molecule is CCN(CCNC(=NC)NCCC(C)C)C1CC1. The first-order chi connectivity index (χ1) is 8.67. The van der Waals surface area contributed by atoms with Crippen molar-refractivity contribution in [3.63, 3.8) is 0 Å². The average Bonchev–Trinajstić information content (AvgIpc) is 3.16. The van der Waals surface area contributed by atoms with Crippen LogP contribution in [0.2, 0.25) is 0 Å². The van der Waals surface area contributed by atoms with E-state index in [4.69, 9.17) is 0 Å². The maximum atomic E-state index is 4.24. The Bertz CT molecular complexity index is 246. The summed E-state index contributed by atoms with van der Waals surface area (Å²) in [7, 11) is 1.84. The van der Waals surface area contributed by atoms with Crippen LogP contribution in [0, 0.1) is 5.92 Å². The second-order valence-corrected chi connectivity index (χ2v) is 5.47. The Morgan fingerprint density at radius 2 is 1.94 bits per heavy atom. The van der Waals surface area contributed by atoms with Gasteiger partial charge in [-0.05, 0) is 31.7 Å². The van der Waals surface area contributed by atoms with Gasteiger partial charge >= 0.3 is 0 Å². The summed E-state index contributed by atoms with van der Waals surface area (Å²) in [6.45, 7) is 11.0. The molecule has 0 aromatic heterocycles. The van der Waals surface area contributed by atoms with E-state index >= 15 is 0 Å². The van der Waals surface area contributed by atoms with Crippen LogP contribution in [-0.4, -0.2) is 50.1 Å². The molecule has 0 heterocycles. The zero-order valence-corrected chi connectivity index (χ0v) is 12.5. The van der Waals surface area contributed by atoms with Gasteiger partial charge < -0.3 is 10.6 Å². The maximum Gasteiger partial charge on any atom is 0.191 e. The third-order valence-corrected chi connectivity index (χ3v) is 3.40. The standard InChI is InChI=1S/C14H30N4/c1-5-18(13-6-7-13)11-10-17-14(15-4)16-9-8-12(2)3/h12-13H,5-11H2,1-4H3,(H2,15,16,17). The normalized spacial score (nSPS) is 16.4. The molecule has 1 fully saturated rings. The van der Waals surface area contributed by atoms with E-state index in [-0.39, 0.29) is 0 Å². The van der Waals surface area contributed by atoms with Crippen molar-refractivity contribution in [3.05, 3.63) is 0 Å².